The highest BCUT2D eigenvalue weighted by atomic mass is 16.5. The Kier molecular flexibility index (Phi) is 5.79. The Hall–Kier alpha value is -2.41. The van der Waals surface area contributed by atoms with Crippen LogP contribution in [0.1, 0.15) is 51.5 Å². The van der Waals surface area contributed by atoms with Crippen molar-refractivity contribution in [1.29, 1.82) is 0 Å². The summed E-state index contributed by atoms with van der Waals surface area (Å²) in [5, 5.41) is 5.58. The van der Waals surface area contributed by atoms with Crippen LogP contribution in [-0.4, -0.2) is 40.9 Å². The van der Waals surface area contributed by atoms with Gasteiger partial charge in [-0.2, -0.15) is 0 Å². The number of nitrogens with one attached hydrogen (secondary N) is 2. The van der Waals surface area contributed by atoms with E-state index < -0.39 is 17.5 Å². The lowest BCUT2D eigenvalue weighted by Gasteiger charge is -2.30. The minimum Gasteiger partial charge on any atom is -0.374 e. The van der Waals surface area contributed by atoms with E-state index in [1.807, 2.05) is 32.0 Å². The number of imide groups is 1. The van der Waals surface area contributed by atoms with Crippen molar-refractivity contribution >= 4 is 23.5 Å². The summed E-state index contributed by atoms with van der Waals surface area (Å²) in [6, 6.07) is 6.87. The van der Waals surface area contributed by atoms with E-state index in [9.17, 15) is 14.4 Å². The lowest BCUT2D eigenvalue weighted by molar-refractivity contribution is -0.134. The number of ether oxygens (including phenoxy) is 1. The first kappa shape index (κ1) is 19.4. The molecular weight excluding hydrogens is 346 g/mol. The van der Waals surface area contributed by atoms with E-state index in [4.69, 9.17) is 4.74 Å². The molecule has 1 saturated carbocycles. The molecule has 0 atom stereocenters. The van der Waals surface area contributed by atoms with Gasteiger partial charge in [-0.3, -0.25) is 14.5 Å². The zero-order chi connectivity index (χ0) is 19.4. The molecule has 146 valence electrons. The van der Waals surface area contributed by atoms with Crippen LogP contribution >= 0.6 is 0 Å². The van der Waals surface area contributed by atoms with E-state index in [0.29, 0.717) is 25.1 Å². The molecular formula is C20H27N3O4. The third kappa shape index (κ3) is 4.47. The van der Waals surface area contributed by atoms with E-state index in [-0.39, 0.29) is 18.6 Å². The lowest BCUT2D eigenvalue weighted by Crippen LogP contribution is -2.48. The fraction of sp³-hybridized carbons (Fsp3) is 0.550. The number of amides is 4. The molecule has 1 heterocycles. The number of hydrogen-bond donors (Lipinski definition) is 2. The summed E-state index contributed by atoms with van der Waals surface area (Å²) in [7, 11) is 0. The summed E-state index contributed by atoms with van der Waals surface area (Å²) in [5.74, 6) is -0.672. The fourth-order valence-corrected chi connectivity index (χ4v) is 3.66. The smallest absolute Gasteiger partial charge is 0.325 e. The summed E-state index contributed by atoms with van der Waals surface area (Å²) in [6.07, 6.45) is 4.31. The van der Waals surface area contributed by atoms with Crippen molar-refractivity contribution in [2.75, 3.05) is 11.9 Å². The quantitative estimate of drug-likeness (QED) is 0.751. The average molecular weight is 373 g/mol. The zero-order valence-electron chi connectivity index (χ0n) is 15.9. The SMILES string of the molecule is CC(C)OCc1cccc(NC(=O)CN2C(=O)NC3(CCCCC3)C2=O)c1. The molecule has 1 aromatic rings. The topological polar surface area (TPSA) is 87.7 Å². The molecule has 7 nitrogen and oxygen atoms in total. The molecule has 2 N–H and O–H groups in total. The Balaban J connectivity index is 1.60. The van der Waals surface area contributed by atoms with Crippen LogP contribution in [0.4, 0.5) is 10.5 Å². The minimum atomic E-state index is -0.802. The average Bonchev–Trinajstić information content (AvgIpc) is 2.85. The summed E-state index contributed by atoms with van der Waals surface area (Å²) in [5.41, 5.74) is 0.755. The van der Waals surface area contributed by atoms with Crippen LogP contribution < -0.4 is 10.6 Å². The number of carbonyl (C=O) groups excluding carboxylic acids is 3. The first-order chi connectivity index (χ1) is 12.9. The molecule has 4 amide bonds. The summed E-state index contributed by atoms with van der Waals surface area (Å²) >= 11 is 0. The first-order valence-corrected chi connectivity index (χ1v) is 9.54. The maximum Gasteiger partial charge on any atom is 0.325 e. The van der Waals surface area contributed by atoms with Crippen LogP contribution in [0.25, 0.3) is 0 Å². The van der Waals surface area contributed by atoms with E-state index in [2.05, 4.69) is 10.6 Å². The van der Waals surface area contributed by atoms with Crippen molar-refractivity contribution in [3.63, 3.8) is 0 Å². The van der Waals surface area contributed by atoms with Gasteiger partial charge >= 0.3 is 6.03 Å². The number of anilines is 1. The minimum absolute atomic E-state index is 0.120. The fourth-order valence-electron chi connectivity index (χ4n) is 3.66. The molecule has 1 aliphatic heterocycles. The number of rotatable bonds is 6. The maximum absolute atomic E-state index is 12.7. The van der Waals surface area contributed by atoms with Crippen molar-refractivity contribution < 1.29 is 19.1 Å². The molecule has 1 spiro atoms. The van der Waals surface area contributed by atoms with Gasteiger partial charge in [0.05, 0.1) is 12.7 Å². The van der Waals surface area contributed by atoms with Gasteiger partial charge in [0.1, 0.15) is 12.1 Å². The van der Waals surface area contributed by atoms with Gasteiger partial charge in [-0.1, -0.05) is 31.4 Å². The molecule has 27 heavy (non-hydrogen) atoms. The highest BCUT2D eigenvalue weighted by molar-refractivity contribution is 6.10. The van der Waals surface area contributed by atoms with Crippen LogP contribution in [0.15, 0.2) is 24.3 Å². The van der Waals surface area contributed by atoms with Crippen LogP contribution in [0.3, 0.4) is 0 Å². The van der Waals surface area contributed by atoms with Gasteiger partial charge in [0.25, 0.3) is 5.91 Å². The monoisotopic (exact) mass is 373 g/mol. The molecule has 0 radical (unpaired) electrons. The maximum atomic E-state index is 12.7. The molecule has 7 heteroatoms. The van der Waals surface area contributed by atoms with Gasteiger partial charge in [-0.25, -0.2) is 4.79 Å². The van der Waals surface area contributed by atoms with Gasteiger partial charge in [0, 0.05) is 5.69 Å². The molecule has 2 fully saturated rings. The van der Waals surface area contributed by atoms with E-state index in [0.717, 1.165) is 29.7 Å². The van der Waals surface area contributed by atoms with Crippen LogP contribution in [0.5, 0.6) is 0 Å². The normalized spacial score (nSPS) is 18.9. The third-order valence-electron chi connectivity index (χ3n) is 5.05. The van der Waals surface area contributed by atoms with Crippen molar-refractivity contribution in [1.82, 2.24) is 10.2 Å². The zero-order valence-corrected chi connectivity index (χ0v) is 15.9. The standard InChI is InChI=1S/C20H27N3O4/c1-14(2)27-13-15-7-6-8-16(11-15)21-17(24)12-23-18(25)20(22-19(23)26)9-4-3-5-10-20/h6-8,11,14H,3-5,9-10,12-13H2,1-2H3,(H,21,24)(H,22,26). The third-order valence-corrected chi connectivity index (χ3v) is 5.05. The highest BCUT2D eigenvalue weighted by Crippen LogP contribution is 2.33. The van der Waals surface area contributed by atoms with Crippen molar-refractivity contribution in [2.45, 2.75) is 64.2 Å². The molecule has 3 rings (SSSR count). The van der Waals surface area contributed by atoms with Crippen molar-refractivity contribution in [3.8, 4) is 0 Å². The summed E-state index contributed by atoms with van der Waals surface area (Å²) in [4.78, 5) is 38.4. The van der Waals surface area contributed by atoms with E-state index in [1.54, 1.807) is 6.07 Å². The predicted octanol–water partition coefficient (Wildman–Crippen LogP) is 2.80. The van der Waals surface area contributed by atoms with E-state index >= 15 is 0 Å². The van der Waals surface area contributed by atoms with Crippen LogP contribution in [-0.2, 0) is 20.9 Å². The number of urea groups is 1. The van der Waals surface area contributed by atoms with Crippen LogP contribution in [0, 0.1) is 0 Å². The summed E-state index contributed by atoms with van der Waals surface area (Å²) < 4.78 is 5.57. The number of carbonyl (C=O) groups is 3. The first-order valence-electron chi connectivity index (χ1n) is 9.54. The van der Waals surface area contributed by atoms with Crippen molar-refractivity contribution in [3.05, 3.63) is 29.8 Å². The molecule has 1 aliphatic carbocycles. The van der Waals surface area contributed by atoms with E-state index in [1.165, 1.54) is 0 Å². The molecule has 0 aromatic heterocycles. The van der Waals surface area contributed by atoms with Gasteiger partial charge in [0.15, 0.2) is 0 Å². The molecule has 2 aliphatic rings. The largest absolute Gasteiger partial charge is 0.374 e. The van der Waals surface area contributed by atoms with Gasteiger partial charge < -0.3 is 15.4 Å². The molecule has 1 aromatic carbocycles. The van der Waals surface area contributed by atoms with Gasteiger partial charge in [-0.15, -0.1) is 0 Å². The Labute approximate surface area is 159 Å². The number of nitrogens with zero attached hydrogens (tertiary/aromatic N) is 1. The second-order valence-corrected chi connectivity index (χ2v) is 7.57. The van der Waals surface area contributed by atoms with Gasteiger partial charge in [-0.05, 0) is 44.4 Å². The van der Waals surface area contributed by atoms with Crippen LogP contribution in [0.2, 0.25) is 0 Å². The Morgan fingerprint density at radius 2 is 2.00 bits per heavy atom. The molecule has 0 unspecified atom stereocenters. The molecule has 1 saturated heterocycles. The Morgan fingerprint density at radius 3 is 2.70 bits per heavy atom. The second kappa shape index (κ2) is 8.08. The summed E-state index contributed by atoms with van der Waals surface area (Å²) in [6.45, 7) is 4.10. The predicted molar refractivity (Wildman–Crippen MR) is 101 cm³/mol. The number of benzene rings is 1. The highest BCUT2D eigenvalue weighted by Gasteiger charge is 2.51. The number of hydrogen-bond acceptors (Lipinski definition) is 4. The van der Waals surface area contributed by atoms with Crippen molar-refractivity contribution in [2.24, 2.45) is 0 Å². The Bertz CT molecular complexity index is 726. The Morgan fingerprint density at radius 1 is 1.26 bits per heavy atom. The molecule has 0 bridgehead atoms. The second-order valence-electron chi connectivity index (χ2n) is 7.57. The lowest BCUT2D eigenvalue weighted by atomic mass is 9.82. The van der Waals surface area contributed by atoms with Gasteiger partial charge in [0.2, 0.25) is 5.91 Å².